The molecule has 0 aliphatic rings. The van der Waals surface area contributed by atoms with E-state index in [1.54, 1.807) is 17.4 Å². The monoisotopic (exact) mass is 335 g/mol. The molecule has 1 atom stereocenters. The van der Waals surface area contributed by atoms with Gasteiger partial charge in [0.2, 0.25) is 5.91 Å². The number of carbonyl (C=O) groups is 1. The molecule has 6 nitrogen and oxygen atoms in total. The molecule has 3 rings (SSSR count). The molecule has 0 saturated heterocycles. The average molecular weight is 335 g/mol. The van der Waals surface area contributed by atoms with E-state index in [-0.39, 0.29) is 24.4 Å². The van der Waals surface area contributed by atoms with Crippen molar-refractivity contribution in [1.82, 2.24) is 15.1 Å². The topological polar surface area (TPSA) is 77.1 Å². The smallest absolute Gasteiger partial charge is 0.387 e. The van der Waals surface area contributed by atoms with Crippen LogP contribution in [-0.4, -0.2) is 15.7 Å². The number of rotatable bonds is 5. The second-order valence-corrected chi connectivity index (χ2v) is 6.54. The molecule has 1 N–H and O–H groups in total. The fraction of sp³-hybridized carbons (Fsp3) is 0.214. The minimum Gasteiger partial charge on any atom is -0.387 e. The van der Waals surface area contributed by atoms with Gasteiger partial charge >= 0.3 is 5.76 Å². The predicted molar refractivity (Wildman–Crippen MR) is 85.0 cm³/mol. The zero-order valence-electron chi connectivity index (χ0n) is 11.7. The molecule has 3 aromatic heterocycles. The van der Waals surface area contributed by atoms with Gasteiger partial charge in [0.15, 0.2) is 0 Å². The molecule has 1 amide bonds. The highest BCUT2D eigenvalue weighted by molar-refractivity contribution is 7.13. The average Bonchev–Trinajstić information content (AvgIpc) is 3.19. The van der Waals surface area contributed by atoms with E-state index >= 15 is 0 Å². The van der Waals surface area contributed by atoms with Crippen LogP contribution in [0, 0.1) is 0 Å². The molecule has 1 unspecified atom stereocenters. The Hall–Kier alpha value is -2.19. The highest BCUT2D eigenvalue weighted by Gasteiger charge is 2.15. The molecule has 8 heteroatoms. The van der Waals surface area contributed by atoms with E-state index in [0.29, 0.717) is 0 Å². The quantitative estimate of drug-likeness (QED) is 0.777. The van der Waals surface area contributed by atoms with E-state index in [1.165, 1.54) is 11.3 Å². The van der Waals surface area contributed by atoms with Crippen molar-refractivity contribution in [2.75, 3.05) is 0 Å². The van der Waals surface area contributed by atoms with E-state index < -0.39 is 5.76 Å². The van der Waals surface area contributed by atoms with Crippen molar-refractivity contribution >= 4 is 28.6 Å². The largest absolute Gasteiger partial charge is 0.437 e. The van der Waals surface area contributed by atoms with Crippen molar-refractivity contribution in [3.05, 3.63) is 50.5 Å². The van der Waals surface area contributed by atoms with Crippen LogP contribution in [0.1, 0.15) is 17.8 Å². The molecule has 0 saturated carbocycles. The number of amides is 1. The van der Waals surface area contributed by atoms with Crippen LogP contribution >= 0.6 is 22.7 Å². The van der Waals surface area contributed by atoms with E-state index in [4.69, 9.17) is 4.42 Å². The molecule has 22 heavy (non-hydrogen) atoms. The Morgan fingerprint density at radius 3 is 2.82 bits per heavy atom. The van der Waals surface area contributed by atoms with Crippen molar-refractivity contribution in [1.29, 1.82) is 0 Å². The van der Waals surface area contributed by atoms with Crippen LogP contribution in [-0.2, 0) is 11.3 Å². The van der Waals surface area contributed by atoms with Gasteiger partial charge in [-0.25, -0.2) is 4.79 Å². The Labute approximate surface area is 134 Å². The van der Waals surface area contributed by atoms with E-state index in [9.17, 15) is 9.59 Å². The molecule has 3 aromatic rings. The zero-order chi connectivity index (χ0) is 15.5. The SMILES string of the molecule is CC(NC(=O)Cn1nc(-c2cccs2)oc1=O)c1cccs1. The molecule has 3 heterocycles. The van der Waals surface area contributed by atoms with Crippen molar-refractivity contribution < 1.29 is 9.21 Å². The summed E-state index contributed by atoms with van der Waals surface area (Å²) in [5.74, 6) is -0.685. The minimum atomic E-state index is -0.637. The van der Waals surface area contributed by atoms with Gasteiger partial charge in [-0.15, -0.1) is 27.8 Å². The number of thiophene rings is 2. The molecule has 0 bridgehead atoms. The fourth-order valence-electron chi connectivity index (χ4n) is 1.94. The Morgan fingerprint density at radius 2 is 2.14 bits per heavy atom. The summed E-state index contributed by atoms with van der Waals surface area (Å²) in [4.78, 5) is 25.6. The van der Waals surface area contributed by atoms with Gasteiger partial charge in [-0.1, -0.05) is 12.1 Å². The first-order chi connectivity index (χ1) is 10.6. The summed E-state index contributed by atoms with van der Waals surface area (Å²) in [6, 6.07) is 7.42. The second kappa shape index (κ2) is 6.29. The molecule has 0 fully saturated rings. The highest BCUT2D eigenvalue weighted by atomic mass is 32.1. The van der Waals surface area contributed by atoms with Crippen molar-refractivity contribution in [2.45, 2.75) is 19.5 Å². The third-order valence-corrected chi connectivity index (χ3v) is 4.89. The maximum atomic E-state index is 12.0. The summed E-state index contributed by atoms with van der Waals surface area (Å²) in [7, 11) is 0. The van der Waals surface area contributed by atoms with Gasteiger partial charge in [0.1, 0.15) is 6.54 Å². The van der Waals surface area contributed by atoms with Gasteiger partial charge in [0.05, 0.1) is 10.9 Å². The van der Waals surface area contributed by atoms with Gasteiger partial charge in [-0.2, -0.15) is 4.68 Å². The number of hydrogen-bond acceptors (Lipinski definition) is 6. The summed E-state index contributed by atoms with van der Waals surface area (Å²) in [6.07, 6.45) is 0. The van der Waals surface area contributed by atoms with Crippen LogP contribution < -0.4 is 11.1 Å². The van der Waals surface area contributed by atoms with Crippen LogP contribution in [0.2, 0.25) is 0 Å². The Morgan fingerprint density at radius 1 is 1.36 bits per heavy atom. The third-order valence-electron chi connectivity index (χ3n) is 2.98. The maximum absolute atomic E-state index is 12.0. The lowest BCUT2D eigenvalue weighted by molar-refractivity contribution is -0.122. The maximum Gasteiger partial charge on any atom is 0.437 e. The Kier molecular flexibility index (Phi) is 4.21. The predicted octanol–water partition coefficient (Wildman–Crippen LogP) is 2.50. The summed E-state index contributed by atoms with van der Waals surface area (Å²) in [6.45, 7) is 1.73. The summed E-state index contributed by atoms with van der Waals surface area (Å²) in [5.41, 5.74) is 0. The molecule has 0 radical (unpaired) electrons. The lowest BCUT2D eigenvalue weighted by Gasteiger charge is -2.11. The third kappa shape index (κ3) is 3.18. The van der Waals surface area contributed by atoms with Gasteiger partial charge in [-0.3, -0.25) is 4.79 Å². The van der Waals surface area contributed by atoms with Crippen LogP contribution in [0.25, 0.3) is 10.8 Å². The number of aromatic nitrogens is 2. The van der Waals surface area contributed by atoms with E-state index in [2.05, 4.69) is 10.4 Å². The van der Waals surface area contributed by atoms with Crippen LogP contribution in [0.3, 0.4) is 0 Å². The fourth-order valence-corrected chi connectivity index (χ4v) is 3.32. The first-order valence-corrected chi connectivity index (χ1v) is 8.34. The molecular weight excluding hydrogens is 322 g/mol. The van der Waals surface area contributed by atoms with Gasteiger partial charge in [-0.05, 0) is 29.8 Å². The highest BCUT2D eigenvalue weighted by Crippen LogP contribution is 2.21. The van der Waals surface area contributed by atoms with Crippen molar-refractivity contribution in [2.24, 2.45) is 0 Å². The summed E-state index contributed by atoms with van der Waals surface area (Å²) < 4.78 is 6.10. The van der Waals surface area contributed by atoms with Crippen LogP contribution in [0.4, 0.5) is 0 Å². The van der Waals surface area contributed by atoms with E-state index in [0.717, 1.165) is 14.4 Å². The summed E-state index contributed by atoms with van der Waals surface area (Å²) in [5, 5.41) is 10.7. The summed E-state index contributed by atoms with van der Waals surface area (Å²) >= 11 is 2.99. The number of carbonyl (C=O) groups excluding carboxylic acids is 1. The van der Waals surface area contributed by atoms with Crippen LogP contribution in [0.5, 0.6) is 0 Å². The lowest BCUT2D eigenvalue weighted by Crippen LogP contribution is -2.32. The normalized spacial score (nSPS) is 12.2. The molecule has 0 spiro atoms. The molecule has 0 aromatic carbocycles. The van der Waals surface area contributed by atoms with Gasteiger partial charge < -0.3 is 9.73 Å². The number of hydrogen-bond donors (Lipinski definition) is 1. The number of nitrogens with zero attached hydrogens (tertiary/aromatic N) is 2. The van der Waals surface area contributed by atoms with Gasteiger partial charge in [0.25, 0.3) is 5.89 Å². The van der Waals surface area contributed by atoms with Crippen molar-refractivity contribution in [3.8, 4) is 10.8 Å². The van der Waals surface area contributed by atoms with E-state index in [1.807, 2.05) is 35.9 Å². The standard InChI is InChI=1S/C14H13N3O3S2/c1-9(10-4-2-6-21-10)15-12(18)8-17-14(19)20-13(16-17)11-5-3-7-22-11/h2-7,9H,8H2,1H3,(H,15,18). The Balaban J connectivity index is 1.68. The Bertz CT molecular complexity index is 803. The molecule has 114 valence electrons. The minimum absolute atomic E-state index is 0.105. The van der Waals surface area contributed by atoms with Crippen molar-refractivity contribution in [3.63, 3.8) is 0 Å². The molecule has 0 aliphatic carbocycles. The van der Waals surface area contributed by atoms with Gasteiger partial charge in [0, 0.05) is 4.88 Å². The second-order valence-electron chi connectivity index (χ2n) is 4.61. The zero-order valence-corrected chi connectivity index (χ0v) is 13.3. The molecular formula is C14H13N3O3S2. The first kappa shape index (κ1) is 14.7. The lowest BCUT2D eigenvalue weighted by atomic mass is 10.3. The molecule has 0 aliphatic heterocycles. The first-order valence-electron chi connectivity index (χ1n) is 6.58. The number of nitrogens with one attached hydrogen (secondary N) is 1. The van der Waals surface area contributed by atoms with Crippen LogP contribution in [0.15, 0.2) is 44.2 Å².